The van der Waals surface area contributed by atoms with Gasteiger partial charge in [-0.1, -0.05) is 0 Å². The number of carboxylic acids is 1. The Balaban J connectivity index is 1.96. The third-order valence-corrected chi connectivity index (χ3v) is 3.57. The van der Waals surface area contributed by atoms with Crippen LogP contribution in [0.2, 0.25) is 0 Å². The van der Waals surface area contributed by atoms with Crippen molar-refractivity contribution in [3.05, 3.63) is 29.8 Å². The number of carbonyl (C=O) groups is 3. The van der Waals surface area contributed by atoms with Crippen LogP contribution in [0.5, 0.6) is 5.75 Å². The molecule has 0 radical (unpaired) electrons. The van der Waals surface area contributed by atoms with Crippen molar-refractivity contribution in [3.63, 3.8) is 0 Å². The predicted octanol–water partition coefficient (Wildman–Crippen LogP) is 0.501. The molecule has 7 nitrogen and oxygen atoms in total. The summed E-state index contributed by atoms with van der Waals surface area (Å²) < 4.78 is 5.02. The van der Waals surface area contributed by atoms with Crippen LogP contribution in [-0.4, -0.2) is 54.0 Å². The van der Waals surface area contributed by atoms with Crippen LogP contribution in [-0.2, 0) is 9.59 Å². The first-order valence-corrected chi connectivity index (χ1v) is 6.96. The summed E-state index contributed by atoms with van der Waals surface area (Å²) in [6, 6.07) is 6.29. The minimum atomic E-state index is -1.06. The number of nitrogens with zero attached hydrogens (tertiary/aromatic N) is 1. The summed E-state index contributed by atoms with van der Waals surface area (Å²) in [5, 5.41) is 11.3. The Morgan fingerprint density at radius 2 is 2.05 bits per heavy atom. The van der Waals surface area contributed by atoms with E-state index in [1.807, 2.05) is 0 Å². The molecule has 2 amide bonds. The van der Waals surface area contributed by atoms with Gasteiger partial charge in [-0.2, -0.15) is 0 Å². The number of piperidine rings is 1. The van der Waals surface area contributed by atoms with E-state index < -0.39 is 12.6 Å². The Morgan fingerprint density at radius 3 is 2.59 bits per heavy atom. The van der Waals surface area contributed by atoms with Crippen LogP contribution in [0.1, 0.15) is 23.2 Å². The second-order valence-electron chi connectivity index (χ2n) is 5.12. The molecule has 0 spiro atoms. The topological polar surface area (TPSA) is 95.9 Å². The molecular weight excluding hydrogens is 288 g/mol. The Bertz CT molecular complexity index is 560. The van der Waals surface area contributed by atoms with Crippen molar-refractivity contribution in [2.75, 3.05) is 20.2 Å². The molecule has 1 unspecified atom stereocenters. The van der Waals surface area contributed by atoms with Gasteiger partial charge in [-0.25, -0.2) is 4.79 Å². The number of hydrogen-bond donors (Lipinski definition) is 2. The highest BCUT2D eigenvalue weighted by atomic mass is 16.5. The van der Waals surface area contributed by atoms with Crippen LogP contribution < -0.4 is 10.1 Å². The lowest BCUT2D eigenvalue weighted by Crippen LogP contribution is -2.48. The zero-order chi connectivity index (χ0) is 16.1. The lowest BCUT2D eigenvalue weighted by atomic mass is 10.0. The van der Waals surface area contributed by atoms with Crippen molar-refractivity contribution in [3.8, 4) is 5.75 Å². The summed E-state index contributed by atoms with van der Waals surface area (Å²) in [6.07, 6.45) is 1.07. The molecule has 0 saturated carbocycles. The van der Waals surface area contributed by atoms with E-state index in [9.17, 15) is 14.4 Å². The van der Waals surface area contributed by atoms with Gasteiger partial charge in [0, 0.05) is 31.6 Å². The highest BCUT2D eigenvalue weighted by molar-refractivity contribution is 5.94. The largest absolute Gasteiger partial charge is 0.482 e. The van der Waals surface area contributed by atoms with Crippen LogP contribution in [0.25, 0.3) is 0 Å². The Kier molecular flexibility index (Phi) is 4.98. The molecular formula is C15H18N2O5. The standard InChI is InChI=1S/C15H18N2O5/c1-17(11-4-7-13(18)16-8-11)15(21)10-2-5-12(6-3-10)22-9-14(19)20/h2-3,5-6,11H,4,7-9H2,1H3,(H,16,18)(H,19,20). The van der Waals surface area contributed by atoms with Gasteiger partial charge in [-0.05, 0) is 30.7 Å². The first-order chi connectivity index (χ1) is 10.5. The van der Waals surface area contributed by atoms with Crippen molar-refractivity contribution < 1.29 is 24.2 Å². The van der Waals surface area contributed by atoms with Gasteiger partial charge in [-0.15, -0.1) is 0 Å². The minimum absolute atomic E-state index is 0.0111. The van der Waals surface area contributed by atoms with E-state index in [0.717, 1.165) is 0 Å². The van der Waals surface area contributed by atoms with Crippen LogP contribution in [0.3, 0.4) is 0 Å². The normalized spacial score (nSPS) is 17.5. The smallest absolute Gasteiger partial charge is 0.341 e. The molecule has 0 aromatic heterocycles. The maximum atomic E-state index is 12.4. The molecule has 1 aromatic rings. The summed E-state index contributed by atoms with van der Waals surface area (Å²) in [5.41, 5.74) is 0.488. The van der Waals surface area contributed by atoms with E-state index in [1.54, 1.807) is 36.2 Å². The van der Waals surface area contributed by atoms with Gasteiger partial charge in [0.2, 0.25) is 5.91 Å². The molecule has 1 aromatic carbocycles. The Labute approximate surface area is 127 Å². The Hall–Kier alpha value is -2.57. The lowest BCUT2D eigenvalue weighted by molar-refractivity contribution is -0.139. The van der Waals surface area contributed by atoms with E-state index in [4.69, 9.17) is 9.84 Å². The van der Waals surface area contributed by atoms with Crippen LogP contribution in [0, 0.1) is 0 Å². The maximum absolute atomic E-state index is 12.4. The summed E-state index contributed by atoms with van der Waals surface area (Å²) in [6.45, 7) is 0.0375. The van der Waals surface area contributed by atoms with Gasteiger partial charge in [0.05, 0.1) is 0 Å². The van der Waals surface area contributed by atoms with Gasteiger partial charge >= 0.3 is 5.97 Å². The van der Waals surface area contributed by atoms with Crippen molar-refractivity contribution in [2.24, 2.45) is 0 Å². The first-order valence-electron chi connectivity index (χ1n) is 6.96. The van der Waals surface area contributed by atoms with Crippen LogP contribution >= 0.6 is 0 Å². The van der Waals surface area contributed by atoms with Crippen molar-refractivity contribution in [2.45, 2.75) is 18.9 Å². The van der Waals surface area contributed by atoms with E-state index >= 15 is 0 Å². The van der Waals surface area contributed by atoms with Gasteiger partial charge in [0.25, 0.3) is 5.91 Å². The van der Waals surface area contributed by atoms with E-state index in [2.05, 4.69) is 5.32 Å². The van der Waals surface area contributed by atoms with Crippen molar-refractivity contribution in [1.82, 2.24) is 10.2 Å². The molecule has 1 fully saturated rings. The number of carbonyl (C=O) groups excluding carboxylic acids is 2. The molecule has 0 bridgehead atoms. The molecule has 118 valence electrons. The molecule has 1 atom stereocenters. The number of amides is 2. The van der Waals surface area contributed by atoms with Crippen molar-refractivity contribution in [1.29, 1.82) is 0 Å². The number of hydrogen-bond acceptors (Lipinski definition) is 4. The van der Waals surface area contributed by atoms with Gasteiger partial charge in [0.1, 0.15) is 5.75 Å². The van der Waals surface area contributed by atoms with Gasteiger partial charge in [-0.3, -0.25) is 9.59 Å². The van der Waals surface area contributed by atoms with Gasteiger partial charge < -0.3 is 20.1 Å². The molecule has 22 heavy (non-hydrogen) atoms. The van der Waals surface area contributed by atoms with Crippen LogP contribution in [0.15, 0.2) is 24.3 Å². The highest BCUT2D eigenvalue weighted by Crippen LogP contribution is 2.16. The number of benzene rings is 1. The third-order valence-electron chi connectivity index (χ3n) is 3.57. The SMILES string of the molecule is CN(C(=O)c1ccc(OCC(=O)O)cc1)C1CCC(=O)NC1. The summed E-state index contributed by atoms with van der Waals surface area (Å²) >= 11 is 0. The van der Waals surface area contributed by atoms with Crippen LogP contribution in [0.4, 0.5) is 0 Å². The average Bonchev–Trinajstić information content (AvgIpc) is 2.53. The minimum Gasteiger partial charge on any atom is -0.482 e. The molecule has 0 aliphatic carbocycles. The number of rotatable bonds is 5. The van der Waals surface area contributed by atoms with Gasteiger partial charge in [0.15, 0.2) is 6.61 Å². The number of nitrogens with one attached hydrogen (secondary N) is 1. The number of likely N-dealkylation sites (N-methyl/N-ethyl adjacent to an activating group) is 1. The molecule has 1 aliphatic rings. The Morgan fingerprint density at radius 1 is 1.36 bits per heavy atom. The summed E-state index contributed by atoms with van der Waals surface area (Å²) in [5.74, 6) is -0.797. The zero-order valence-electron chi connectivity index (χ0n) is 12.2. The molecule has 2 rings (SSSR count). The van der Waals surface area contributed by atoms with E-state index in [-0.39, 0.29) is 17.9 Å². The molecule has 2 N–H and O–H groups in total. The fourth-order valence-electron chi connectivity index (χ4n) is 2.26. The maximum Gasteiger partial charge on any atom is 0.341 e. The number of aliphatic carboxylic acids is 1. The molecule has 1 saturated heterocycles. The third kappa shape index (κ3) is 3.97. The second kappa shape index (κ2) is 6.93. The number of ether oxygens (including phenoxy) is 1. The molecule has 7 heteroatoms. The predicted molar refractivity (Wildman–Crippen MR) is 77.7 cm³/mol. The molecule has 1 aliphatic heterocycles. The first kappa shape index (κ1) is 15.8. The lowest BCUT2D eigenvalue weighted by Gasteiger charge is -2.31. The summed E-state index contributed by atoms with van der Waals surface area (Å²) in [4.78, 5) is 35.6. The fourth-order valence-corrected chi connectivity index (χ4v) is 2.26. The quantitative estimate of drug-likeness (QED) is 0.826. The van der Waals surface area contributed by atoms with Crippen molar-refractivity contribution >= 4 is 17.8 Å². The number of carboxylic acid groups (broad SMARTS) is 1. The van der Waals surface area contributed by atoms with E-state index in [1.165, 1.54) is 0 Å². The van der Waals surface area contributed by atoms with E-state index in [0.29, 0.717) is 30.7 Å². The molecule has 1 heterocycles. The monoisotopic (exact) mass is 306 g/mol. The zero-order valence-corrected chi connectivity index (χ0v) is 12.2. The summed E-state index contributed by atoms with van der Waals surface area (Å²) in [7, 11) is 1.71. The highest BCUT2D eigenvalue weighted by Gasteiger charge is 2.25. The fraction of sp³-hybridized carbons (Fsp3) is 0.400. The second-order valence-corrected chi connectivity index (χ2v) is 5.12. The average molecular weight is 306 g/mol.